The third kappa shape index (κ3) is 5.06. The van der Waals surface area contributed by atoms with Crippen molar-refractivity contribution in [2.75, 3.05) is 12.4 Å². The van der Waals surface area contributed by atoms with E-state index in [9.17, 15) is 4.79 Å². The summed E-state index contributed by atoms with van der Waals surface area (Å²) in [6.07, 6.45) is 0.715. The zero-order valence-electron chi connectivity index (χ0n) is 6.54. The maximum atomic E-state index is 10.8. The van der Waals surface area contributed by atoms with Gasteiger partial charge in [0.05, 0.1) is 5.25 Å². The maximum absolute atomic E-state index is 10.8. The van der Waals surface area contributed by atoms with Crippen molar-refractivity contribution in [3.05, 3.63) is 0 Å². The van der Waals surface area contributed by atoms with Gasteiger partial charge in [-0.15, -0.1) is 11.8 Å². The van der Waals surface area contributed by atoms with Gasteiger partial charge >= 0.3 is 0 Å². The van der Waals surface area contributed by atoms with Crippen LogP contribution in [0.1, 0.15) is 13.3 Å². The quantitative estimate of drug-likeness (QED) is 0.229. The van der Waals surface area contributed by atoms with Crippen LogP contribution in [0.25, 0.3) is 0 Å². The smallest absolute Gasteiger partial charge is 0.246 e. The van der Waals surface area contributed by atoms with Crippen LogP contribution >= 0.6 is 11.8 Å². The van der Waals surface area contributed by atoms with Crippen LogP contribution in [0.15, 0.2) is 0 Å². The van der Waals surface area contributed by atoms with Crippen molar-refractivity contribution < 1.29 is 9.90 Å². The van der Waals surface area contributed by atoms with Crippen LogP contribution in [0.3, 0.4) is 0 Å². The Morgan fingerprint density at radius 1 is 1.82 bits per heavy atom. The molecule has 0 heterocycles. The summed E-state index contributed by atoms with van der Waals surface area (Å²) < 4.78 is 0. The van der Waals surface area contributed by atoms with E-state index in [1.165, 1.54) is 11.8 Å². The Balaban J connectivity index is 3.36. The largest absolute Gasteiger partial charge is 0.396 e. The molecule has 66 valence electrons. The molecule has 0 saturated heterocycles. The first kappa shape index (κ1) is 10.7. The van der Waals surface area contributed by atoms with Crippen molar-refractivity contribution in [2.45, 2.75) is 18.6 Å². The van der Waals surface area contributed by atoms with E-state index in [2.05, 4.69) is 5.43 Å². The van der Waals surface area contributed by atoms with Crippen LogP contribution in [0.5, 0.6) is 0 Å². The standard InChI is InChI=1S/C6H14N2O2S/c1-5(6(10)8-7)11-4-2-3-9/h5,9H,2-4,7H2,1H3,(H,8,10). The Morgan fingerprint density at radius 3 is 2.91 bits per heavy atom. The number of nitrogens with two attached hydrogens (primary N) is 1. The zero-order chi connectivity index (χ0) is 8.69. The van der Waals surface area contributed by atoms with E-state index in [-0.39, 0.29) is 17.8 Å². The Hall–Kier alpha value is -0.260. The van der Waals surface area contributed by atoms with Crippen molar-refractivity contribution in [1.29, 1.82) is 0 Å². The molecule has 1 atom stereocenters. The Bertz CT molecular complexity index is 121. The number of thioether (sulfide) groups is 1. The highest BCUT2D eigenvalue weighted by Gasteiger charge is 2.10. The molecule has 0 radical (unpaired) electrons. The molecule has 4 nitrogen and oxygen atoms in total. The van der Waals surface area contributed by atoms with Gasteiger partial charge in [-0.05, 0) is 19.1 Å². The lowest BCUT2D eigenvalue weighted by atomic mass is 10.5. The van der Waals surface area contributed by atoms with E-state index in [1.54, 1.807) is 6.92 Å². The van der Waals surface area contributed by atoms with Gasteiger partial charge in [-0.2, -0.15) is 0 Å². The minimum atomic E-state index is -0.173. The normalized spacial score (nSPS) is 12.6. The first-order valence-corrected chi connectivity index (χ1v) is 4.50. The topological polar surface area (TPSA) is 75.3 Å². The molecule has 0 aliphatic heterocycles. The summed E-state index contributed by atoms with van der Waals surface area (Å²) in [4.78, 5) is 10.8. The van der Waals surface area contributed by atoms with Crippen LogP contribution in [0, 0.1) is 0 Å². The van der Waals surface area contributed by atoms with Crippen LogP contribution in [-0.4, -0.2) is 28.6 Å². The van der Waals surface area contributed by atoms with Gasteiger partial charge in [0.15, 0.2) is 0 Å². The molecule has 4 N–H and O–H groups in total. The van der Waals surface area contributed by atoms with Gasteiger partial charge in [-0.3, -0.25) is 10.2 Å². The molecule has 0 aliphatic rings. The highest BCUT2D eigenvalue weighted by molar-refractivity contribution is 8.00. The lowest BCUT2D eigenvalue weighted by Crippen LogP contribution is -2.36. The predicted molar refractivity (Wildman–Crippen MR) is 46.0 cm³/mol. The van der Waals surface area contributed by atoms with Crippen molar-refractivity contribution in [3.63, 3.8) is 0 Å². The number of hydrogen-bond acceptors (Lipinski definition) is 4. The number of aliphatic hydroxyl groups excluding tert-OH is 1. The highest BCUT2D eigenvalue weighted by atomic mass is 32.2. The number of aliphatic hydroxyl groups is 1. The van der Waals surface area contributed by atoms with Crippen molar-refractivity contribution in [2.24, 2.45) is 5.84 Å². The molecule has 0 rings (SSSR count). The van der Waals surface area contributed by atoms with Crippen LogP contribution in [0.2, 0.25) is 0 Å². The number of hydrazine groups is 1. The molecule has 0 aromatic rings. The lowest BCUT2D eigenvalue weighted by Gasteiger charge is -2.07. The molecule has 0 aromatic carbocycles. The van der Waals surface area contributed by atoms with Gasteiger partial charge in [0.2, 0.25) is 5.91 Å². The molecule has 0 fully saturated rings. The van der Waals surface area contributed by atoms with Gasteiger partial charge in [0, 0.05) is 6.61 Å². The highest BCUT2D eigenvalue weighted by Crippen LogP contribution is 2.10. The third-order valence-corrected chi connectivity index (χ3v) is 2.42. The number of amides is 1. The van der Waals surface area contributed by atoms with Gasteiger partial charge in [-0.1, -0.05) is 0 Å². The second-order valence-corrected chi connectivity index (χ2v) is 3.55. The average Bonchev–Trinajstić information content (AvgIpc) is 2.03. The number of rotatable bonds is 5. The van der Waals surface area contributed by atoms with Crippen LogP contribution in [0.4, 0.5) is 0 Å². The third-order valence-electron chi connectivity index (χ3n) is 1.18. The molecule has 11 heavy (non-hydrogen) atoms. The number of carbonyl (C=O) groups is 1. The number of carbonyl (C=O) groups excluding carboxylic acids is 1. The molecule has 0 aromatic heterocycles. The summed E-state index contributed by atoms with van der Waals surface area (Å²) in [5.41, 5.74) is 2.07. The predicted octanol–water partition coefficient (Wildman–Crippen LogP) is -0.520. The lowest BCUT2D eigenvalue weighted by molar-refractivity contribution is -0.120. The number of nitrogens with one attached hydrogen (secondary N) is 1. The molecule has 1 amide bonds. The molecule has 0 spiro atoms. The fourth-order valence-corrected chi connectivity index (χ4v) is 1.39. The fourth-order valence-electron chi connectivity index (χ4n) is 0.518. The summed E-state index contributed by atoms with van der Waals surface area (Å²) in [6, 6.07) is 0. The van der Waals surface area contributed by atoms with Gasteiger partial charge in [0.25, 0.3) is 0 Å². The molecular formula is C6H14N2O2S. The molecule has 0 bridgehead atoms. The van der Waals surface area contributed by atoms with E-state index in [4.69, 9.17) is 10.9 Å². The van der Waals surface area contributed by atoms with E-state index in [0.717, 1.165) is 5.75 Å². The summed E-state index contributed by atoms with van der Waals surface area (Å²) >= 11 is 1.48. The number of hydrogen-bond donors (Lipinski definition) is 3. The molecule has 0 saturated carbocycles. The van der Waals surface area contributed by atoms with E-state index < -0.39 is 0 Å². The first-order valence-electron chi connectivity index (χ1n) is 3.45. The van der Waals surface area contributed by atoms with Crippen molar-refractivity contribution in [3.8, 4) is 0 Å². The Kier molecular flexibility index (Phi) is 6.30. The summed E-state index contributed by atoms with van der Waals surface area (Å²) in [5, 5.41) is 8.30. The molecule has 0 aliphatic carbocycles. The summed E-state index contributed by atoms with van der Waals surface area (Å²) in [6.45, 7) is 1.95. The van der Waals surface area contributed by atoms with Crippen LogP contribution < -0.4 is 11.3 Å². The molecular weight excluding hydrogens is 164 g/mol. The minimum Gasteiger partial charge on any atom is -0.396 e. The van der Waals surface area contributed by atoms with Gasteiger partial charge < -0.3 is 5.11 Å². The van der Waals surface area contributed by atoms with E-state index in [0.29, 0.717) is 6.42 Å². The average molecular weight is 178 g/mol. The summed E-state index contributed by atoms with van der Waals surface area (Å²) in [5.74, 6) is 5.52. The Labute approximate surface area is 70.5 Å². The Morgan fingerprint density at radius 2 is 2.45 bits per heavy atom. The van der Waals surface area contributed by atoms with Crippen molar-refractivity contribution >= 4 is 17.7 Å². The van der Waals surface area contributed by atoms with E-state index >= 15 is 0 Å². The zero-order valence-corrected chi connectivity index (χ0v) is 7.36. The van der Waals surface area contributed by atoms with Gasteiger partial charge in [0.1, 0.15) is 0 Å². The van der Waals surface area contributed by atoms with Crippen LogP contribution in [-0.2, 0) is 4.79 Å². The molecule has 1 unspecified atom stereocenters. The minimum absolute atomic E-state index is 0.133. The summed E-state index contributed by atoms with van der Waals surface area (Å²) in [7, 11) is 0. The second kappa shape index (κ2) is 6.45. The molecule has 5 heteroatoms. The maximum Gasteiger partial charge on any atom is 0.246 e. The van der Waals surface area contributed by atoms with E-state index in [1.807, 2.05) is 0 Å². The second-order valence-electron chi connectivity index (χ2n) is 2.10. The SMILES string of the molecule is CC(SCCCO)C(=O)NN. The van der Waals surface area contributed by atoms with Gasteiger partial charge in [-0.25, -0.2) is 5.84 Å². The monoisotopic (exact) mass is 178 g/mol. The fraction of sp³-hybridized carbons (Fsp3) is 0.833. The van der Waals surface area contributed by atoms with Crippen molar-refractivity contribution in [1.82, 2.24) is 5.43 Å². The first-order chi connectivity index (χ1) is 5.22.